The Morgan fingerprint density at radius 3 is 2.79 bits per heavy atom. The van der Waals surface area contributed by atoms with Crippen LogP contribution in [0.5, 0.6) is 0 Å². The van der Waals surface area contributed by atoms with Crippen molar-refractivity contribution in [3.63, 3.8) is 0 Å². The molecule has 0 aromatic rings. The van der Waals surface area contributed by atoms with E-state index in [9.17, 15) is 14.7 Å². The van der Waals surface area contributed by atoms with Gasteiger partial charge in [-0.15, -0.1) is 0 Å². The zero-order chi connectivity index (χ0) is 10.5. The lowest BCUT2D eigenvalue weighted by Gasteiger charge is -2.37. The van der Waals surface area contributed by atoms with Crippen LogP contribution in [0.25, 0.3) is 0 Å². The van der Waals surface area contributed by atoms with E-state index in [1.807, 2.05) is 6.92 Å². The molecule has 14 heavy (non-hydrogen) atoms. The summed E-state index contributed by atoms with van der Waals surface area (Å²) in [5.41, 5.74) is -0.746. The third kappa shape index (κ3) is 0.962. The molecule has 0 aromatic carbocycles. The second kappa shape index (κ2) is 2.89. The average molecular weight is 196 g/mol. The Morgan fingerprint density at radius 1 is 1.57 bits per heavy atom. The van der Waals surface area contributed by atoms with Crippen LogP contribution >= 0.6 is 0 Å². The summed E-state index contributed by atoms with van der Waals surface area (Å²) in [6.45, 7) is 3.42. The van der Waals surface area contributed by atoms with E-state index < -0.39 is 11.5 Å². The van der Waals surface area contributed by atoms with Crippen LogP contribution in [0, 0.1) is 17.3 Å². The minimum atomic E-state index is -0.746. The quantitative estimate of drug-likeness (QED) is 0.635. The number of aliphatic hydroxyl groups is 1. The molecule has 3 nitrogen and oxygen atoms in total. The molecular weight excluding hydrogens is 180 g/mol. The van der Waals surface area contributed by atoms with Gasteiger partial charge >= 0.3 is 0 Å². The van der Waals surface area contributed by atoms with Crippen LogP contribution < -0.4 is 0 Å². The van der Waals surface area contributed by atoms with Crippen LogP contribution in [-0.4, -0.2) is 22.8 Å². The summed E-state index contributed by atoms with van der Waals surface area (Å²) in [7, 11) is 0. The highest BCUT2D eigenvalue weighted by atomic mass is 16.3. The first-order valence-corrected chi connectivity index (χ1v) is 5.23. The molecule has 2 bridgehead atoms. The molecule has 2 aliphatic carbocycles. The van der Waals surface area contributed by atoms with Gasteiger partial charge in [-0.05, 0) is 32.1 Å². The van der Waals surface area contributed by atoms with Gasteiger partial charge in [0.2, 0.25) is 0 Å². The van der Waals surface area contributed by atoms with Crippen LogP contribution in [0.1, 0.15) is 33.1 Å². The topological polar surface area (TPSA) is 54.4 Å². The Morgan fingerprint density at radius 2 is 2.21 bits per heavy atom. The first-order valence-electron chi connectivity index (χ1n) is 5.23. The SMILES string of the molecule is CC(=O)[C@]12CC[C@H](C1=O)[C@@H](O)C[C@@H]2C. The summed E-state index contributed by atoms with van der Waals surface area (Å²) in [5, 5.41) is 9.70. The largest absolute Gasteiger partial charge is 0.392 e. The van der Waals surface area contributed by atoms with Crippen LogP contribution in [0.2, 0.25) is 0 Å². The van der Waals surface area contributed by atoms with E-state index in [2.05, 4.69) is 0 Å². The number of Topliss-reactive ketones (excluding diaryl/α,β-unsaturated/α-hetero) is 2. The number of hydrogen-bond donors (Lipinski definition) is 1. The lowest BCUT2D eigenvalue weighted by Crippen LogP contribution is -2.48. The fourth-order valence-electron chi connectivity index (χ4n) is 3.25. The predicted octanol–water partition coefficient (Wildman–Crippen LogP) is 0.942. The Labute approximate surface area is 83.5 Å². The number of carbonyl (C=O) groups is 2. The first kappa shape index (κ1) is 9.84. The summed E-state index contributed by atoms with van der Waals surface area (Å²) < 4.78 is 0. The van der Waals surface area contributed by atoms with Crippen molar-refractivity contribution in [1.29, 1.82) is 0 Å². The molecule has 0 spiro atoms. The Balaban J connectivity index is 2.43. The second-order valence-corrected chi connectivity index (χ2v) is 4.74. The van der Waals surface area contributed by atoms with E-state index in [4.69, 9.17) is 0 Å². The molecule has 4 atom stereocenters. The van der Waals surface area contributed by atoms with Crippen molar-refractivity contribution in [2.24, 2.45) is 17.3 Å². The van der Waals surface area contributed by atoms with Crippen LogP contribution in [0.15, 0.2) is 0 Å². The molecule has 0 amide bonds. The molecule has 0 aromatic heterocycles. The molecule has 1 N–H and O–H groups in total. The van der Waals surface area contributed by atoms with Gasteiger partial charge in [0.05, 0.1) is 11.5 Å². The van der Waals surface area contributed by atoms with E-state index in [0.29, 0.717) is 19.3 Å². The van der Waals surface area contributed by atoms with Gasteiger partial charge in [0, 0.05) is 5.92 Å². The normalized spacial score (nSPS) is 46.8. The van der Waals surface area contributed by atoms with Gasteiger partial charge < -0.3 is 5.11 Å². The van der Waals surface area contributed by atoms with Crippen LogP contribution in [0.3, 0.4) is 0 Å². The fourth-order valence-corrected chi connectivity index (χ4v) is 3.25. The van der Waals surface area contributed by atoms with Crippen molar-refractivity contribution in [2.75, 3.05) is 0 Å². The molecule has 2 fully saturated rings. The molecule has 2 saturated carbocycles. The molecule has 78 valence electrons. The molecule has 0 heterocycles. The number of hydrogen-bond acceptors (Lipinski definition) is 3. The van der Waals surface area contributed by atoms with Crippen molar-refractivity contribution in [2.45, 2.75) is 39.2 Å². The van der Waals surface area contributed by atoms with E-state index in [0.717, 1.165) is 0 Å². The predicted molar refractivity (Wildman–Crippen MR) is 50.6 cm³/mol. The maximum atomic E-state index is 12.0. The molecular formula is C11H16O3. The van der Waals surface area contributed by atoms with E-state index in [1.165, 1.54) is 6.92 Å². The smallest absolute Gasteiger partial charge is 0.152 e. The minimum Gasteiger partial charge on any atom is -0.392 e. The second-order valence-electron chi connectivity index (χ2n) is 4.74. The molecule has 0 aliphatic heterocycles. The Bertz CT molecular complexity index is 297. The van der Waals surface area contributed by atoms with Gasteiger partial charge in [-0.25, -0.2) is 0 Å². The zero-order valence-corrected chi connectivity index (χ0v) is 8.62. The van der Waals surface area contributed by atoms with Gasteiger partial charge in [-0.1, -0.05) is 6.92 Å². The lowest BCUT2D eigenvalue weighted by atomic mass is 9.64. The summed E-state index contributed by atoms with van der Waals surface area (Å²) in [6.07, 6.45) is 1.40. The third-order valence-corrected chi connectivity index (χ3v) is 4.16. The summed E-state index contributed by atoms with van der Waals surface area (Å²) in [4.78, 5) is 23.6. The van der Waals surface area contributed by atoms with Gasteiger partial charge in [-0.3, -0.25) is 9.59 Å². The highest BCUT2D eigenvalue weighted by Crippen LogP contribution is 2.52. The van der Waals surface area contributed by atoms with Crippen molar-refractivity contribution >= 4 is 11.6 Å². The van der Waals surface area contributed by atoms with Crippen molar-refractivity contribution in [1.82, 2.24) is 0 Å². The highest BCUT2D eigenvalue weighted by molar-refractivity contribution is 6.09. The lowest BCUT2D eigenvalue weighted by molar-refractivity contribution is -0.148. The van der Waals surface area contributed by atoms with Gasteiger partial charge in [0.1, 0.15) is 5.78 Å². The van der Waals surface area contributed by atoms with Gasteiger partial charge in [0.15, 0.2) is 5.78 Å². The Kier molecular flexibility index (Phi) is 2.03. The van der Waals surface area contributed by atoms with E-state index in [1.54, 1.807) is 0 Å². The summed E-state index contributed by atoms with van der Waals surface area (Å²) in [5.74, 6) is -0.281. The average Bonchev–Trinajstić information content (AvgIpc) is 2.35. The summed E-state index contributed by atoms with van der Waals surface area (Å²) in [6, 6.07) is 0. The molecule has 0 radical (unpaired) electrons. The van der Waals surface area contributed by atoms with E-state index >= 15 is 0 Å². The number of carbonyl (C=O) groups excluding carboxylic acids is 2. The first-order chi connectivity index (χ1) is 6.50. The van der Waals surface area contributed by atoms with Crippen molar-refractivity contribution < 1.29 is 14.7 Å². The van der Waals surface area contributed by atoms with Gasteiger partial charge in [-0.2, -0.15) is 0 Å². The van der Waals surface area contributed by atoms with E-state index in [-0.39, 0.29) is 23.4 Å². The molecule has 2 aliphatic rings. The number of aliphatic hydroxyl groups excluding tert-OH is 1. The zero-order valence-electron chi connectivity index (χ0n) is 8.62. The molecule has 3 heteroatoms. The van der Waals surface area contributed by atoms with Crippen LogP contribution in [-0.2, 0) is 9.59 Å². The monoisotopic (exact) mass is 196 g/mol. The standard InChI is InChI=1S/C11H16O3/c1-6-5-9(13)8-3-4-11(6,7(2)12)10(8)14/h6,8-9,13H,3-5H2,1-2H3/t6-,8-,9-,11+/m0/s1. The highest BCUT2D eigenvalue weighted by Gasteiger charge is 2.59. The summed E-state index contributed by atoms with van der Waals surface area (Å²) >= 11 is 0. The Hall–Kier alpha value is -0.700. The number of fused-ring (bicyclic) bond motifs is 2. The third-order valence-electron chi connectivity index (χ3n) is 4.16. The maximum absolute atomic E-state index is 12.0. The molecule has 0 saturated heterocycles. The number of rotatable bonds is 1. The minimum absolute atomic E-state index is 0.00116. The van der Waals surface area contributed by atoms with Gasteiger partial charge in [0.25, 0.3) is 0 Å². The molecule has 0 unspecified atom stereocenters. The number of ketones is 2. The van der Waals surface area contributed by atoms with Crippen molar-refractivity contribution in [3.8, 4) is 0 Å². The van der Waals surface area contributed by atoms with Crippen LogP contribution in [0.4, 0.5) is 0 Å². The molecule has 2 rings (SSSR count). The van der Waals surface area contributed by atoms with Crippen molar-refractivity contribution in [3.05, 3.63) is 0 Å². The maximum Gasteiger partial charge on any atom is 0.152 e. The fraction of sp³-hybridized carbons (Fsp3) is 0.818.